The summed E-state index contributed by atoms with van der Waals surface area (Å²) in [6.07, 6.45) is 0. The number of benzene rings is 1. The molecule has 1 amide bonds. The van der Waals surface area contributed by atoms with Crippen LogP contribution in [0.2, 0.25) is 0 Å². The Morgan fingerprint density at radius 3 is 2.55 bits per heavy atom. The third kappa shape index (κ3) is 4.28. The van der Waals surface area contributed by atoms with Crippen LogP contribution in [0.3, 0.4) is 0 Å². The Balaban J connectivity index is 2.77. The number of carbonyl (C=O) groups is 1. The maximum Gasteiger partial charge on any atom is 0.235 e. The fourth-order valence-electron chi connectivity index (χ4n) is 1.77. The molecular formula is C14H17F2N3O. The first kappa shape index (κ1) is 16.1. The Morgan fingerprint density at radius 1 is 1.40 bits per heavy atom. The summed E-state index contributed by atoms with van der Waals surface area (Å²) in [7, 11) is 0. The molecule has 0 bridgehead atoms. The van der Waals surface area contributed by atoms with E-state index in [0.29, 0.717) is 19.2 Å². The Kier molecular flexibility index (Phi) is 6.07. The normalized spacial score (nSPS) is 12.0. The molecule has 0 unspecified atom stereocenters. The molecule has 1 atom stereocenters. The van der Waals surface area contributed by atoms with E-state index in [2.05, 4.69) is 5.32 Å². The second kappa shape index (κ2) is 7.56. The van der Waals surface area contributed by atoms with Gasteiger partial charge in [0, 0.05) is 11.6 Å². The lowest BCUT2D eigenvalue weighted by Crippen LogP contribution is -2.38. The van der Waals surface area contributed by atoms with Gasteiger partial charge in [-0.1, -0.05) is 19.9 Å². The van der Waals surface area contributed by atoms with Crippen molar-refractivity contribution in [1.82, 2.24) is 10.2 Å². The highest BCUT2D eigenvalue weighted by atomic mass is 19.1. The SMILES string of the molecule is CCN(CC)CC(=O)N[C@@H](C#N)c1ccc(F)cc1F. The number of likely N-dealkylation sites (N-methyl/N-ethyl adjacent to an activating group) is 1. The molecule has 0 aromatic heterocycles. The van der Waals surface area contributed by atoms with Gasteiger partial charge < -0.3 is 5.32 Å². The number of hydrogen-bond acceptors (Lipinski definition) is 3. The van der Waals surface area contributed by atoms with Crippen LogP contribution >= 0.6 is 0 Å². The van der Waals surface area contributed by atoms with E-state index in [1.165, 1.54) is 0 Å². The minimum Gasteiger partial charge on any atom is -0.335 e. The van der Waals surface area contributed by atoms with Gasteiger partial charge in [0.15, 0.2) is 0 Å². The third-order valence-corrected chi connectivity index (χ3v) is 2.97. The molecule has 0 spiro atoms. The maximum atomic E-state index is 13.6. The van der Waals surface area contributed by atoms with Gasteiger partial charge in [0.2, 0.25) is 5.91 Å². The molecule has 108 valence electrons. The highest BCUT2D eigenvalue weighted by Crippen LogP contribution is 2.17. The smallest absolute Gasteiger partial charge is 0.235 e. The van der Waals surface area contributed by atoms with Crippen molar-refractivity contribution >= 4 is 5.91 Å². The summed E-state index contributed by atoms with van der Waals surface area (Å²) >= 11 is 0. The zero-order chi connectivity index (χ0) is 15.1. The number of amides is 1. The van der Waals surface area contributed by atoms with Gasteiger partial charge in [0.1, 0.15) is 17.7 Å². The molecule has 0 heterocycles. The molecule has 1 rings (SSSR count). The summed E-state index contributed by atoms with van der Waals surface area (Å²) in [5, 5.41) is 11.5. The van der Waals surface area contributed by atoms with Crippen molar-refractivity contribution in [2.45, 2.75) is 19.9 Å². The zero-order valence-corrected chi connectivity index (χ0v) is 11.5. The van der Waals surface area contributed by atoms with Gasteiger partial charge in [0.25, 0.3) is 0 Å². The molecule has 0 aliphatic rings. The van der Waals surface area contributed by atoms with E-state index < -0.39 is 17.7 Å². The summed E-state index contributed by atoms with van der Waals surface area (Å²) in [5.74, 6) is -1.94. The number of halogens is 2. The van der Waals surface area contributed by atoms with Crippen molar-refractivity contribution < 1.29 is 13.6 Å². The van der Waals surface area contributed by atoms with E-state index in [9.17, 15) is 13.6 Å². The van der Waals surface area contributed by atoms with Gasteiger partial charge in [0.05, 0.1) is 12.6 Å². The van der Waals surface area contributed by atoms with Gasteiger partial charge in [-0.15, -0.1) is 0 Å². The predicted molar refractivity (Wildman–Crippen MR) is 70.6 cm³/mol. The minimum atomic E-state index is -1.13. The molecule has 0 saturated carbocycles. The van der Waals surface area contributed by atoms with Crippen molar-refractivity contribution in [3.8, 4) is 6.07 Å². The van der Waals surface area contributed by atoms with Crippen LogP contribution < -0.4 is 5.32 Å². The van der Waals surface area contributed by atoms with Crippen LogP contribution in [0.1, 0.15) is 25.5 Å². The number of rotatable bonds is 6. The number of nitriles is 1. The van der Waals surface area contributed by atoms with Crippen LogP contribution in [0.5, 0.6) is 0 Å². The average Bonchev–Trinajstić information content (AvgIpc) is 2.42. The lowest BCUT2D eigenvalue weighted by molar-refractivity contribution is -0.122. The van der Waals surface area contributed by atoms with E-state index in [-0.39, 0.29) is 18.0 Å². The first-order chi connectivity index (χ1) is 9.51. The number of nitrogens with zero attached hydrogens (tertiary/aromatic N) is 2. The van der Waals surface area contributed by atoms with Crippen LogP contribution in [-0.2, 0) is 4.79 Å². The lowest BCUT2D eigenvalue weighted by Gasteiger charge is -2.19. The van der Waals surface area contributed by atoms with Crippen molar-refractivity contribution in [1.29, 1.82) is 5.26 Å². The lowest BCUT2D eigenvalue weighted by atomic mass is 10.1. The monoisotopic (exact) mass is 281 g/mol. The van der Waals surface area contributed by atoms with Crippen molar-refractivity contribution in [3.05, 3.63) is 35.4 Å². The van der Waals surface area contributed by atoms with Gasteiger partial charge in [-0.05, 0) is 19.2 Å². The third-order valence-electron chi connectivity index (χ3n) is 2.97. The second-order valence-electron chi connectivity index (χ2n) is 4.26. The van der Waals surface area contributed by atoms with Crippen LogP contribution in [-0.4, -0.2) is 30.4 Å². The second-order valence-corrected chi connectivity index (χ2v) is 4.26. The highest BCUT2D eigenvalue weighted by Gasteiger charge is 2.19. The molecule has 0 radical (unpaired) electrons. The molecule has 0 saturated heterocycles. The standard InChI is InChI=1S/C14H17F2N3O/c1-3-19(4-2)9-14(20)18-13(8-17)11-6-5-10(15)7-12(11)16/h5-7,13H,3-4,9H2,1-2H3,(H,18,20)/t13-/m0/s1. The van der Waals surface area contributed by atoms with Gasteiger partial charge >= 0.3 is 0 Å². The van der Waals surface area contributed by atoms with Gasteiger partial charge in [-0.25, -0.2) is 8.78 Å². The number of carbonyl (C=O) groups excluding carboxylic acids is 1. The van der Waals surface area contributed by atoms with E-state index in [1.807, 2.05) is 18.7 Å². The Hall–Kier alpha value is -2.00. The van der Waals surface area contributed by atoms with E-state index >= 15 is 0 Å². The van der Waals surface area contributed by atoms with Crippen molar-refractivity contribution in [2.24, 2.45) is 0 Å². The molecule has 0 aliphatic carbocycles. The summed E-state index contributed by atoms with van der Waals surface area (Å²) in [6.45, 7) is 5.36. The van der Waals surface area contributed by atoms with Crippen LogP contribution in [0.25, 0.3) is 0 Å². The first-order valence-corrected chi connectivity index (χ1v) is 6.38. The minimum absolute atomic E-state index is 0.0400. The largest absolute Gasteiger partial charge is 0.335 e. The van der Waals surface area contributed by atoms with E-state index in [1.54, 1.807) is 6.07 Å². The Morgan fingerprint density at radius 2 is 2.05 bits per heavy atom. The molecule has 4 nitrogen and oxygen atoms in total. The van der Waals surface area contributed by atoms with Gasteiger partial charge in [-0.3, -0.25) is 9.69 Å². The quantitative estimate of drug-likeness (QED) is 0.867. The summed E-state index contributed by atoms with van der Waals surface area (Å²) < 4.78 is 26.4. The summed E-state index contributed by atoms with van der Waals surface area (Å²) in [4.78, 5) is 13.7. The van der Waals surface area contributed by atoms with Crippen LogP contribution in [0.4, 0.5) is 8.78 Å². The molecule has 6 heteroatoms. The topological polar surface area (TPSA) is 56.1 Å². The fourth-order valence-corrected chi connectivity index (χ4v) is 1.77. The molecule has 1 N–H and O–H groups in total. The fraction of sp³-hybridized carbons (Fsp3) is 0.429. The van der Waals surface area contributed by atoms with E-state index in [0.717, 1.165) is 12.1 Å². The predicted octanol–water partition coefficient (Wildman–Crippen LogP) is 1.99. The van der Waals surface area contributed by atoms with Gasteiger partial charge in [-0.2, -0.15) is 5.26 Å². The Bertz CT molecular complexity index is 510. The molecule has 0 aliphatic heterocycles. The van der Waals surface area contributed by atoms with E-state index in [4.69, 9.17) is 5.26 Å². The van der Waals surface area contributed by atoms with Crippen LogP contribution in [0.15, 0.2) is 18.2 Å². The Labute approximate surface area is 117 Å². The summed E-state index contributed by atoms with van der Waals surface area (Å²) in [6, 6.07) is 3.59. The molecule has 1 aromatic carbocycles. The van der Waals surface area contributed by atoms with Crippen molar-refractivity contribution in [3.63, 3.8) is 0 Å². The molecular weight excluding hydrogens is 264 g/mol. The average molecular weight is 281 g/mol. The van der Waals surface area contributed by atoms with Crippen LogP contribution in [0, 0.1) is 23.0 Å². The maximum absolute atomic E-state index is 13.6. The number of hydrogen-bond donors (Lipinski definition) is 1. The highest BCUT2D eigenvalue weighted by molar-refractivity contribution is 5.78. The molecule has 1 aromatic rings. The van der Waals surface area contributed by atoms with Crippen molar-refractivity contribution in [2.75, 3.05) is 19.6 Å². The summed E-state index contributed by atoms with van der Waals surface area (Å²) in [5.41, 5.74) is -0.0400. The first-order valence-electron chi connectivity index (χ1n) is 6.38. The number of nitrogens with one attached hydrogen (secondary N) is 1. The molecule has 0 fully saturated rings. The zero-order valence-electron chi connectivity index (χ0n) is 11.5. The molecule has 20 heavy (non-hydrogen) atoms.